The molecule has 2 fully saturated rings. The Morgan fingerprint density at radius 3 is 2.74 bits per heavy atom. The van der Waals surface area contributed by atoms with Crippen molar-refractivity contribution in [3.63, 3.8) is 0 Å². The van der Waals surface area contributed by atoms with Gasteiger partial charge in [-0.05, 0) is 57.1 Å². The highest BCUT2D eigenvalue weighted by Crippen LogP contribution is 2.46. The number of nitrogens with one attached hydrogen (secondary N) is 2. The number of carbonyl (C=O) groups excluding carboxylic acids is 1. The molecule has 1 aliphatic carbocycles. The van der Waals surface area contributed by atoms with Crippen LogP contribution in [-0.4, -0.2) is 65.5 Å². The highest BCUT2D eigenvalue weighted by molar-refractivity contribution is 5.87. The standard InChI is InChI=1S/C20H30N6O/c1-21-13-17(27)26-11-8-20(9-12-26)6-3-15(4-7-20)25(2)19-16-5-10-22-18(16)23-14-24-19/h5,10,14-15,21H,3-4,6-9,11-13H2,1-2H3,(H,22,23,24). The van der Waals surface area contributed by atoms with E-state index in [1.807, 2.05) is 18.1 Å². The Hall–Kier alpha value is -2.15. The van der Waals surface area contributed by atoms with Gasteiger partial charge in [0.2, 0.25) is 5.91 Å². The molecule has 7 heteroatoms. The zero-order chi connectivity index (χ0) is 18.9. The van der Waals surface area contributed by atoms with E-state index in [0.717, 1.165) is 42.8 Å². The molecule has 1 saturated carbocycles. The van der Waals surface area contributed by atoms with Gasteiger partial charge in [-0.2, -0.15) is 0 Å². The Balaban J connectivity index is 1.37. The summed E-state index contributed by atoms with van der Waals surface area (Å²) < 4.78 is 0. The molecule has 7 nitrogen and oxygen atoms in total. The maximum absolute atomic E-state index is 12.1. The first-order chi connectivity index (χ1) is 13.1. The number of anilines is 1. The van der Waals surface area contributed by atoms with E-state index in [1.54, 1.807) is 6.33 Å². The van der Waals surface area contributed by atoms with E-state index in [0.29, 0.717) is 18.0 Å². The highest BCUT2D eigenvalue weighted by atomic mass is 16.2. The van der Waals surface area contributed by atoms with Gasteiger partial charge in [0.05, 0.1) is 11.9 Å². The molecule has 146 valence electrons. The van der Waals surface area contributed by atoms with Crippen molar-refractivity contribution >= 4 is 22.8 Å². The summed E-state index contributed by atoms with van der Waals surface area (Å²) in [5.41, 5.74) is 1.33. The maximum Gasteiger partial charge on any atom is 0.236 e. The minimum Gasteiger partial charge on any atom is -0.356 e. The lowest BCUT2D eigenvalue weighted by Gasteiger charge is -2.47. The molecule has 1 spiro atoms. The van der Waals surface area contributed by atoms with E-state index in [4.69, 9.17) is 0 Å². The van der Waals surface area contributed by atoms with Crippen LogP contribution in [0.4, 0.5) is 5.82 Å². The van der Waals surface area contributed by atoms with Gasteiger partial charge in [-0.3, -0.25) is 4.79 Å². The van der Waals surface area contributed by atoms with E-state index >= 15 is 0 Å². The Kier molecular flexibility index (Phi) is 5.04. The van der Waals surface area contributed by atoms with Crippen LogP contribution in [0.25, 0.3) is 11.0 Å². The molecular weight excluding hydrogens is 340 g/mol. The molecule has 0 radical (unpaired) electrons. The Bertz CT molecular complexity index is 785. The fourth-order valence-electron chi connectivity index (χ4n) is 4.91. The van der Waals surface area contributed by atoms with Gasteiger partial charge in [0.25, 0.3) is 0 Å². The van der Waals surface area contributed by atoms with Crippen LogP contribution in [0.2, 0.25) is 0 Å². The van der Waals surface area contributed by atoms with E-state index in [-0.39, 0.29) is 5.91 Å². The summed E-state index contributed by atoms with van der Waals surface area (Å²) >= 11 is 0. The molecule has 1 saturated heterocycles. The van der Waals surface area contributed by atoms with Crippen LogP contribution < -0.4 is 10.2 Å². The van der Waals surface area contributed by atoms with Gasteiger partial charge in [-0.15, -0.1) is 0 Å². The van der Waals surface area contributed by atoms with Crippen molar-refractivity contribution in [3.8, 4) is 0 Å². The van der Waals surface area contributed by atoms with Gasteiger partial charge in [0.15, 0.2) is 0 Å². The Labute approximate surface area is 160 Å². The van der Waals surface area contributed by atoms with Crippen LogP contribution in [0.3, 0.4) is 0 Å². The van der Waals surface area contributed by atoms with E-state index in [9.17, 15) is 4.79 Å². The van der Waals surface area contributed by atoms with E-state index in [1.165, 1.54) is 25.7 Å². The fourth-order valence-corrected chi connectivity index (χ4v) is 4.91. The number of piperidine rings is 1. The van der Waals surface area contributed by atoms with E-state index in [2.05, 4.69) is 38.3 Å². The topological polar surface area (TPSA) is 77.2 Å². The number of likely N-dealkylation sites (tertiary alicyclic amines) is 1. The van der Waals surface area contributed by atoms with Gasteiger partial charge < -0.3 is 20.1 Å². The number of likely N-dealkylation sites (N-methyl/N-ethyl adjacent to an activating group) is 1. The molecule has 0 atom stereocenters. The summed E-state index contributed by atoms with van der Waals surface area (Å²) in [7, 11) is 4.00. The summed E-state index contributed by atoms with van der Waals surface area (Å²) in [5.74, 6) is 1.26. The average Bonchev–Trinajstić information content (AvgIpc) is 3.18. The number of H-pyrrole nitrogens is 1. The molecule has 3 heterocycles. The second kappa shape index (κ2) is 7.46. The molecule has 0 aromatic carbocycles. The van der Waals surface area contributed by atoms with E-state index < -0.39 is 0 Å². The number of carbonyl (C=O) groups is 1. The van der Waals surface area contributed by atoms with Gasteiger partial charge in [-0.1, -0.05) is 0 Å². The molecule has 2 N–H and O–H groups in total. The molecule has 0 unspecified atom stereocenters. The zero-order valence-corrected chi connectivity index (χ0v) is 16.4. The third-order valence-corrected chi connectivity index (χ3v) is 6.74. The lowest BCUT2D eigenvalue weighted by Crippen LogP contribution is -2.48. The smallest absolute Gasteiger partial charge is 0.236 e. The lowest BCUT2D eigenvalue weighted by atomic mass is 9.66. The van der Waals surface area contributed by atoms with Crippen molar-refractivity contribution in [2.24, 2.45) is 5.41 Å². The minimum atomic E-state index is 0.236. The average molecular weight is 371 g/mol. The largest absolute Gasteiger partial charge is 0.356 e. The first-order valence-corrected chi connectivity index (χ1v) is 10.1. The van der Waals surface area contributed by atoms with Crippen LogP contribution >= 0.6 is 0 Å². The van der Waals surface area contributed by atoms with Crippen LogP contribution in [0.1, 0.15) is 38.5 Å². The molecular formula is C20H30N6O. The maximum atomic E-state index is 12.1. The van der Waals surface area contributed by atoms with Crippen molar-refractivity contribution in [1.82, 2.24) is 25.2 Å². The summed E-state index contributed by atoms with van der Waals surface area (Å²) in [6, 6.07) is 2.58. The monoisotopic (exact) mass is 370 g/mol. The van der Waals surface area contributed by atoms with Crippen LogP contribution in [0.5, 0.6) is 0 Å². The van der Waals surface area contributed by atoms with Crippen molar-refractivity contribution in [3.05, 3.63) is 18.6 Å². The second-order valence-corrected chi connectivity index (χ2v) is 8.19. The van der Waals surface area contributed by atoms with Crippen molar-refractivity contribution in [2.45, 2.75) is 44.6 Å². The quantitative estimate of drug-likeness (QED) is 0.862. The van der Waals surface area contributed by atoms with Crippen LogP contribution in [0, 0.1) is 5.41 Å². The van der Waals surface area contributed by atoms with Gasteiger partial charge in [0.1, 0.15) is 17.8 Å². The van der Waals surface area contributed by atoms with Crippen molar-refractivity contribution in [1.29, 1.82) is 0 Å². The molecule has 2 aromatic heterocycles. The van der Waals surface area contributed by atoms with Crippen molar-refractivity contribution < 1.29 is 4.79 Å². The van der Waals surface area contributed by atoms with Gasteiger partial charge in [0, 0.05) is 32.4 Å². The molecule has 2 aromatic rings. The molecule has 27 heavy (non-hydrogen) atoms. The number of hydrogen-bond donors (Lipinski definition) is 2. The number of fused-ring (bicyclic) bond motifs is 1. The molecule has 0 bridgehead atoms. The molecule has 1 aliphatic heterocycles. The predicted molar refractivity (Wildman–Crippen MR) is 107 cm³/mol. The predicted octanol–water partition coefficient (Wildman–Crippen LogP) is 2.16. The lowest BCUT2D eigenvalue weighted by molar-refractivity contribution is -0.132. The summed E-state index contributed by atoms with van der Waals surface area (Å²) in [4.78, 5) is 28.5. The van der Waals surface area contributed by atoms with Gasteiger partial charge >= 0.3 is 0 Å². The summed E-state index contributed by atoms with van der Waals surface area (Å²) in [6.45, 7) is 2.28. The first-order valence-electron chi connectivity index (χ1n) is 10.1. The van der Waals surface area contributed by atoms with Crippen LogP contribution in [0.15, 0.2) is 18.6 Å². The number of nitrogens with zero attached hydrogens (tertiary/aromatic N) is 4. The molecule has 2 aliphatic rings. The minimum absolute atomic E-state index is 0.236. The number of aromatic amines is 1. The first kappa shape index (κ1) is 18.2. The Morgan fingerprint density at radius 2 is 2.04 bits per heavy atom. The third kappa shape index (κ3) is 3.52. The number of rotatable bonds is 4. The number of hydrogen-bond acceptors (Lipinski definition) is 5. The zero-order valence-electron chi connectivity index (χ0n) is 16.4. The SMILES string of the molecule is CNCC(=O)N1CCC2(CCC(N(C)c3ncnc4[nH]ccc34)CC2)CC1. The number of aromatic nitrogens is 3. The highest BCUT2D eigenvalue weighted by Gasteiger charge is 2.39. The van der Waals surface area contributed by atoms with Crippen molar-refractivity contribution in [2.75, 3.05) is 38.6 Å². The van der Waals surface area contributed by atoms with Crippen LogP contribution in [-0.2, 0) is 4.79 Å². The third-order valence-electron chi connectivity index (χ3n) is 6.74. The summed E-state index contributed by atoms with van der Waals surface area (Å²) in [6.07, 6.45) is 10.7. The molecule has 1 amide bonds. The fraction of sp³-hybridized carbons (Fsp3) is 0.650. The normalized spacial score (nSPS) is 20.3. The van der Waals surface area contributed by atoms with Gasteiger partial charge in [-0.25, -0.2) is 9.97 Å². The molecule has 4 rings (SSSR count). The Morgan fingerprint density at radius 1 is 1.30 bits per heavy atom. The second-order valence-electron chi connectivity index (χ2n) is 8.19. The number of amides is 1. The summed E-state index contributed by atoms with van der Waals surface area (Å²) in [5, 5.41) is 4.07.